The summed E-state index contributed by atoms with van der Waals surface area (Å²) in [4.78, 5) is 8.14. The van der Waals surface area contributed by atoms with Crippen molar-refractivity contribution < 1.29 is 13.2 Å². The topological polar surface area (TPSA) is 112 Å². The van der Waals surface area contributed by atoms with Crippen molar-refractivity contribution in [2.75, 3.05) is 16.2 Å². The van der Waals surface area contributed by atoms with E-state index in [1.54, 1.807) is 12.1 Å². The fraction of sp³-hybridized carbons (Fsp3) is 0.250. The number of anilines is 2. The molecule has 0 atom stereocenters. The molecule has 2 aromatic heterocycles. The highest BCUT2D eigenvalue weighted by Gasteiger charge is 2.30. The van der Waals surface area contributed by atoms with E-state index in [2.05, 4.69) is 19.3 Å². The van der Waals surface area contributed by atoms with Gasteiger partial charge in [0.05, 0.1) is 22.7 Å². The van der Waals surface area contributed by atoms with Gasteiger partial charge in [0.2, 0.25) is 10.0 Å². The van der Waals surface area contributed by atoms with E-state index >= 15 is 0 Å². The second-order valence-corrected chi connectivity index (χ2v) is 10.5. The quantitative estimate of drug-likeness (QED) is 0.327. The van der Waals surface area contributed by atoms with Gasteiger partial charge in [-0.25, -0.2) is 18.4 Å². The number of rotatable bonds is 8. The number of benzene rings is 2. The summed E-state index contributed by atoms with van der Waals surface area (Å²) >= 11 is 6.10. The Morgan fingerprint density at radius 3 is 2.56 bits per heavy atom. The Morgan fingerprint density at radius 2 is 1.88 bits per heavy atom. The van der Waals surface area contributed by atoms with Crippen LogP contribution in [0, 0.1) is 0 Å². The molecular formula is C24H24ClN5O3S. The van der Waals surface area contributed by atoms with Gasteiger partial charge in [0.15, 0.2) is 5.15 Å². The number of sulfonamides is 1. The molecule has 2 aromatic carbocycles. The molecule has 0 radical (unpaired) electrons. The van der Waals surface area contributed by atoms with E-state index in [0.29, 0.717) is 29.6 Å². The maximum Gasteiger partial charge on any atom is 0.257 e. The first-order chi connectivity index (χ1) is 16.4. The van der Waals surface area contributed by atoms with Gasteiger partial charge < -0.3 is 15.0 Å². The van der Waals surface area contributed by atoms with Crippen LogP contribution in [0.25, 0.3) is 22.2 Å². The molecule has 2 heterocycles. The minimum absolute atomic E-state index is 0.0851. The summed E-state index contributed by atoms with van der Waals surface area (Å²) in [6.07, 6.45) is 5.71. The standard InChI is InChI=1S/C24H24ClN5O3S/c1-2-13-34(31,32)29-16-5-3-15(4-6-16)22-21(26)19-10-9-18(14-20(19)30(22)17-7-8-17)33-24-23(25)27-11-12-28-24/h3-6,9-12,14,17,29H,2,7-8,13,26H2,1H3. The number of nitrogens with zero attached hydrogens (tertiary/aromatic N) is 3. The maximum atomic E-state index is 12.1. The number of ether oxygens (including phenoxy) is 1. The lowest BCUT2D eigenvalue weighted by molar-refractivity contribution is 0.461. The Morgan fingerprint density at radius 1 is 1.15 bits per heavy atom. The third kappa shape index (κ3) is 4.41. The van der Waals surface area contributed by atoms with Crippen LogP contribution in [-0.4, -0.2) is 28.7 Å². The summed E-state index contributed by atoms with van der Waals surface area (Å²) in [5.74, 6) is 0.908. The molecule has 0 unspecified atom stereocenters. The SMILES string of the molecule is CCCS(=O)(=O)Nc1ccc(-c2c(N)c3ccc(Oc4nccnc4Cl)cc3n2C2CC2)cc1. The highest BCUT2D eigenvalue weighted by atomic mass is 35.5. The normalized spacial score (nSPS) is 13.8. The van der Waals surface area contributed by atoms with Crippen LogP contribution in [-0.2, 0) is 10.0 Å². The van der Waals surface area contributed by atoms with E-state index in [1.807, 2.05) is 37.3 Å². The van der Waals surface area contributed by atoms with Gasteiger partial charge in [-0.1, -0.05) is 30.7 Å². The lowest BCUT2D eigenvalue weighted by Crippen LogP contribution is -2.15. The molecule has 0 spiro atoms. The Labute approximate surface area is 202 Å². The van der Waals surface area contributed by atoms with Gasteiger partial charge in [-0.15, -0.1) is 0 Å². The Kier molecular flexibility index (Phi) is 5.83. The molecule has 0 bridgehead atoms. The molecule has 176 valence electrons. The molecule has 0 amide bonds. The van der Waals surface area contributed by atoms with Crippen molar-refractivity contribution in [3.63, 3.8) is 0 Å². The minimum Gasteiger partial charge on any atom is -0.436 e. The number of nitrogens with two attached hydrogens (primary N) is 1. The van der Waals surface area contributed by atoms with Crippen LogP contribution in [0.2, 0.25) is 5.15 Å². The number of hydrogen-bond acceptors (Lipinski definition) is 6. The third-order valence-corrected chi connectivity index (χ3v) is 7.42. The van der Waals surface area contributed by atoms with Crippen LogP contribution < -0.4 is 15.2 Å². The Balaban J connectivity index is 1.53. The molecule has 4 aromatic rings. The van der Waals surface area contributed by atoms with Crippen LogP contribution in [0.1, 0.15) is 32.2 Å². The largest absolute Gasteiger partial charge is 0.436 e. The second-order valence-electron chi connectivity index (χ2n) is 8.30. The van der Waals surface area contributed by atoms with E-state index in [1.165, 1.54) is 12.4 Å². The van der Waals surface area contributed by atoms with Crippen molar-refractivity contribution in [1.82, 2.24) is 14.5 Å². The van der Waals surface area contributed by atoms with Crippen LogP contribution in [0.4, 0.5) is 11.4 Å². The van der Waals surface area contributed by atoms with Crippen molar-refractivity contribution in [3.8, 4) is 22.9 Å². The van der Waals surface area contributed by atoms with Gasteiger partial charge in [-0.2, -0.15) is 0 Å². The molecule has 10 heteroatoms. The van der Waals surface area contributed by atoms with Crippen LogP contribution in [0.15, 0.2) is 54.9 Å². The predicted octanol–water partition coefficient (Wildman–Crippen LogP) is 5.61. The highest BCUT2D eigenvalue weighted by Crippen LogP contribution is 2.47. The average molecular weight is 498 g/mol. The number of aromatic nitrogens is 3. The molecule has 1 aliphatic rings. The number of hydrogen-bond donors (Lipinski definition) is 2. The lowest BCUT2D eigenvalue weighted by atomic mass is 10.1. The molecule has 0 aliphatic heterocycles. The smallest absolute Gasteiger partial charge is 0.257 e. The van der Waals surface area contributed by atoms with Gasteiger partial charge in [-0.3, -0.25) is 4.72 Å². The zero-order valence-corrected chi connectivity index (χ0v) is 20.1. The van der Waals surface area contributed by atoms with Crippen molar-refractivity contribution in [2.45, 2.75) is 32.2 Å². The monoisotopic (exact) mass is 497 g/mol. The summed E-state index contributed by atoms with van der Waals surface area (Å²) < 4.78 is 34.9. The zero-order chi connectivity index (χ0) is 23.9. The summed E-state index contributed by atoms with van der Waals surface area (Å²) in [6, 6.07) is 13.4. The summed E-state index contributed by atoms with van der Waals surface area (Å²) in [5.41, 5.74) is 10.6. The molecule has 5 rings (SSSR count). The molecule has 34 heavy (non-hydrogen) atoms. The van der Waals surface area contributed by atoms with E-state index in [-0.39, 0.29) is 16.8 Å². The molecule has 3 N–H and O–H groups in total. The van der Waals surface area contributed by atoms with Crippen LogP contribution in [0.5, 0.6) is 11.6 Å². The molecule has 1 aliphatic carbocycles. The molecule has 0 saturated heterocycles. The van der Waals surface area contributed by atoms with Crippen molar-refractivity contribution in [1.29, 1.82) is 0 Å². The van der Waals surface area contributed by atoms with Crippen LogP contribution >= 0.6 is 11.6 Å². The van der Waals surface area contributed by atoms with Gasteiger partial charge in [0.1, 0.15) is 5.75 Å². The number of nitrogens with one attached hydrogen (secondary N) is 1. The van der Waals surface area contributed by atoms with E-state index in [9.17, 15) is 8.42 Å². The van der Waals surface area contributed by atoms with E-state index in [4.69, 9.17) is 22.1 Å². The van der Waals surface area contributed by atoms with Gasteiger partial charge >= 0.3 is 0 Å². The van der Waals surface area contributed by atoms with Crippen molar-refractivity contribution in [2.24, 2.45) is 0 Å². The van der Waals surface area contributed by atoms with Gasteiger partial charge in [0, 0.05) is 41.1 Å². The van der Waals surface area contributed by atoms with Crippen LogP contribution in [0.3, 0.4) is 0 Å². The van der Waals surface area contributed by atoms with E-state index < -0.39 is 10.0 Å². The first-order valence-corrected chi connectivity index (χ1v) is 13.1. The summed E-state index contributed by atoms with van der Waals surface area (Å²) in [7, 11) is -3.35. The molecule has 1 saturated carbocycles. The fourth-order valence-corrected chi connectivity index (χ4v) is 5.35. The van der Waals surface area contributed by atoms with Crippen molar-refractivity contribution >= 4 is 43.9 Å². The number of halogens is 1. The first kappa shape index (κ1) is 22.5. The Bertz CT molecular complexity index is 1460. The third-order valence-electron chi connectivity index (χ3n) is 5.67. The highest BCUT2D eigenvalue weighted by molar-refractivity contribution is 7.92. The first-order valence-electron chi connectivity index (χ1n) is 11.0. The predicted molar refractivity (Wildman–Crippen MR) is 135 cm³/mol. The van der Waals surface area contributed by atoms with Gasteiger partial charge in [-0.05, 0) is 43.5 Å². The Hall–Kier alpha value is -3.30. The maximum absolute atomic E-state index is 12.1. The number of fused-ring (bicyclic) bond motifs is 1. The summed E-state index contributed by atoms with van der Waals surface area (Å²) in [5, 5.41) is 1.11. The average Bonchev–Trinajstić information content (AvgIpc) is 3.60. The summed E-state index contributed by atoms with van der Waals surface area (Å²) in [6.45, 7) is 1.83. The zero-order valence-electron chi connectivity index (χ0n) is 18.5. The second kappa shape index (κ2) is 8.81. The fourth-order valence-electron chi connectivity index (χ4n) is 4.07. The minimum atomic E-state index is -3.35. The molecule has 8 nitrogen and oxygen atoms in total. The van der Waals surface area contributed by atoms with Crippen molar-refractivity contribution in [3.05, 3.63) is 60.0 Å². The number of nitrogen functional groups attached to an aromatic ring is 1. The van der Waals surface area contributed by atoms with Gasteiger partial charge in [0.25, 0.3) is 5.88 Å². The molecule has 1 fully saturated rings. The lowest BCUT2D eigenvalue weighted by Gasteiger charge is -2.12. The van der Waals surface area contributed by atoms with E-state index in [0.717, 1.165) is 35.0 Å². The molecular weight excluding hydrogens is 474 g/mol.